The van der Waals surface area contributed by atoms with E-state index in [4.69, 9.17) is 0 Å². The van der Waals surface area contributed by atoms with Crippen LogP contribution in [0.25, 0.3) is 0 Å². The minimum atomic E-state index is 0.292. The lowest BCUT2D eigenvalue weighted by Crippen LogP contribution is -2.61. The Morgan fingerprint density at radius 3 is 2.52 bits per heavy atom. The van der Waals surface area contributed by atoms with E-state index in [0.717, 1.165) is 36.5 Å². The van der Waals surface area contributed by atoms with Gasteiger partial charge in [0.1, 0.15) is 0 Å². The van der Waals surface area contributed by atoms with Crippen LogP contribution in [-0.2, 0) is 11.2 Å². The highest BCUT2D eigenvalue weighted by atomic mass is 16.1. The fourth-order valence-corrected chi connectivity index (χ4v) is 8.04. The van der Waals surface area contributed by atoms with Crippen LogP contribution < -0.4 is 5.32 Å². The summed E-state index contributed by atoms with van der Waals surface area (Å²) in [4.78, 5) is 12.0. The molecular formula is C25H35NO. The molecule has 0 aromatic heterocycles. The number of piperidine rings is 1. The van der Waals surface area contributed by atoms with Crippen molar-refractivity contribution in [3.63, 3.8) is 0 Å². The number of benzene rings is 1. The lowest BCUT2D eigenvalue weighted by molar-refractivity contribution is -0.136. The van der Waals surface area contributed by atoms with E-state index in [0.29, 0.717) is 22.8 Å². The van der Waals surface area contributed by atoms with Gasteiger partial charge in [-0.25, -0.2) is 0 Å². The van der Waals surface area contributed by atoms with Crippen LogP contribution in [0.5, 0.6) is 0 Å². The van der Waals surface area contributed by atoms with Gasteiger partial charge in [0.2, 0.25) is 5.91 Å². The molecule has 0 radical (unpaired) electrons. The van der Waals surface area contributed by atoms with Gasteiger partial charge < -0.3 is 5.32 Å². The van der Waals surface area contributed by atoms with E-state index < -0.39 is 0 Å². The fraction of sp³-hybridized carbons (Fsp3) is 0.720. The summed E-state index contributed by atoms with van der Waals surface area (Å²) in [5, 5.41) is 3.36. The van der Waals surface area contributed by atoms with Gasteiger partial charge in [-0.15, -0.1) is 0 Å². The van der Waals surface area contributed by atoms with Gasteiger partial charge in [0, 0.05) is 12.5 Å². The molecule has 2 nitrogen and oxygen atoms in total. The summed E-state index contributed by atoms with van der Waals surface area (Å²) in [6.07, 6.45) is 11.3. The molecule has 7 atom stereocenters. The zero-order chi connectivity index (χ0) is 18.6. The Morgan fingerprint density at radius 1 is 0.926 bits per heavy atom. The average Bonchev–Trinajstić information content (AvgIpc) is 3.00. The zero-order valence-electron chi connectivity index (χ0n) is 17.0. The summed E-state index contributed by atoms with van der Waals surface area (Å²) >= 11 is 0. The van der Waals surface area contributed by atoms with E-state index in [-0.39, 0.29) is 0 Å². The molecule has 4 fully saturated rings. The van der Waals surface area contributed by atoms with Crippen LogP contribution in [0.4, 0.5) is 0 Å². The lowest BCUT2D eigenvalue weighted by Gasteiger charge is -2.60. The Hall–Kier alpha value is -1.31. The molecule has 1 aliphatic heterocycles. The van der Waals surface area contributed by atoms with Gasteiger partial charge in [0.15, 0.2) is 0 Å². The largest absolute Gasteiger partial charge is 0.353 e. The Balaban J connectivity index is 1.38. The first-order chi connectivity index (χ1) is 13.0. The van der Waals surface area contributed by atoms with Crippen LogP contribution in [0, 0.1) is 34.5 Å². The predicted molar refractivity (Wildman–Crippen MR) is 109 cm³/mol. The third kappa shape index (κ3) is 2.69. The van der Waals surface area contributed by atoms with Gasteiger partial charge >= 0.3 is 0 Å². The molecule has 0 bridgehead atoms. The molecule has 5 rings (SSSR count). The highest BCUT2D eigenvalue weighted by Gasteiger charge is 2.60. The van der Waals surface area contributed by atoms with Crippen molar-refractivity contribution in [1.29, 1.82) is 0 Å². The number of carbonyl (C=O) groups excluding carboxylic acids is 1. The second kappa shape index (κ2) is 6.36. The fourth-order valence-electron chi connectivity index (χ4n) is 8.04. The van der Waals surface area contributed by atoms with Crippen molar-refractivity contribution < 1.29 is 4.79 Å². The maximum atomic E-state index is 12.0. The van der Waals surface area contributed by atoms with Crippen molar-refractivity contribution in [3.8, 4) is 0 Å². The summed E-state index contributed by atoms with van der Waals surface area (Å²) in [5.74, 6) is 3.76. The maximum Gasteiger partial charge on any atom is 0.220 e. The van der Waals surface area contributed by atoms with Gasteiger partial charge in [-0.3, -0.25) is 4.79 Å². The Kier molecular flexibility index (Phi) is 4.18. The van der Waals surface area contributed by atoms with Crippen molar-refractivity contribution in [2.24, 2.45) is 34.5 Å². The minimum Gasteiger partial charge on any atom is -0.353 e. The van der Waals surface area contributed by atoms with E-state index >= 15 is 0 Å². The summed E-state index contributed by atoms with van der Waals surface area (Å²) in [6, 6.07) is 11.6. The monoisotopic (exact) mass is 365 g/mol. The molecular weight excluding hydrogens is 330 g/mol. The highest BCUT2D eigenvalue weighted by Crippen LogP contribution is 2.65. The summed E-state index contributed by atoms with van der Waals surface area (Å²) in [5.41, 5.74) is 2.39. The third-order valence-electron chi connectivity index (χ3n) is 9.62. The molecule has 146 valence electrons. The summed E-state index contributed by atoms with van der Waals surface area (Å²) in [7, 11) is 0. The molecule has 1 heterocycles. The van der Waals surface area contributed by atoms with E-state index in [1.54, 1.807) is 0 Å². The number of nitrogens with one attached hydrogen (secondary N) is 1. The molecule has 0 spiro atoms. The second-order valence-electron chi connectivity index (χ2n) is 10.6. The molecule has 0 unspecified atom stereocenters. The van der Waals surface area contributed by atoms with Crippen molar-refractivity contribution >= 4 is 5.91 Å². The number of hydrogen-bond acceptors (Lipinski definition) is 1. The first-order valence-corrected chi connectivity index (χ1v) is 11.3. The molecule has 3 saturated carbocycles. The molecule has 1 aromatic rings. The van der Waals surface area contributed by atoms with Crippen LogP contribution in [0.15, 0.2) is 30.3 Å². The predicted octanol–water partition coefficient (Wildman–Crippen LogP) is 5.37. The first-order valence-electron chi connectivity index (χ1n) is 11.3. The van der Waals surface area contributed by atoms with Gasteiger partial charge in [-0.05, 0) is 91.4 Å². The third-order valence-corrected chi connectivity index (χ3v) is 9.62. The Bertz CT molecular complexity index is 714. The standard InChI is InChI=1S/C25H35NO/c1-24-14-12-21-19(9-11-22-25(21,2)15-13-23(27)26-22)20(24)10-8-18(24)16-17-6-4-3-5-7-17/h3-7,18-22H,8-16H2,1-2H3,(H,26,27)/t18-,19+,20+,21+,22-,24-,25-/m1/s1. The van der Waals surface area contributed by atoms with Crippen LogP contribution in [0.2, 0.25) is 0 Å². The second-order valence-corrected chi connectivity index (χ2v) is 10.6. The molecule has 2 heteroatoms. The molecule has 1 N–H and O–H groups in total. The number of fused-ring (bicyclic) bond motifs is 5. The number of rotatable bonds is 2. The van der Waals surface area contributed by atoms with E-state index in [1.807, 2.05) is 0 Å². The van der Waals surface area contributed by atoms with E-state index in [2.05, 4.69) is 49.5 Å². The molecule has 1 aromatic carbocycles. The van der Waals surface area contributed by atoms with Crippen molar-refractivity contribution in [2.75, 3.05) is 0 Å². The normalized spacial score (nSPS) is 46.1. The number of carbonyl (C=O) groups is 1. The Morgan fingerprint density at radius 2 is 1.70 bits per heavy atom. The van der Waals surface area contributed by atoms with Crippen molar-refractivity contribution in [1.82, 2.24) is 5.32 Å². The SMILES string of the molecule is C[C@]12CCC(=O)N[C@@H]1CC[C@@H]1[C@@H]2CC[C@]2(C)[C@@H](Cc3ccccc3)CC[C@@H]12. The molecule has 3 aliphatic carbocycles. The van der Waals surface area contributed by atoms with Gasteiger partial charge in [0.05, 0.1) is 0 Å². The topological polar surface area (TPSA) is 29.1 Å². The molecule has 1 amide bonds. The Labute approximate surface area is 164 Å². The van der Waals surface area contributed by atoms with Crippen LogP contribution >= 0.6 is 0 Å². The highest BCUT2D eigenvalue weighted by molar-refractivity contribution is 5.77. The molecule has 27 heavy (non-hydrogen) atoms. The van der Waals surface area contributed by atoms with Crippen LogP contribution in [0.3, 0.4) is 0 Å². The average molecular weight is 366 g/mol. The molecule has 4 aliphatic rings. The van der Waals surface area contributed by atoms with Gasteiger partial charge in [-0.2, -0.15) is 0 Å². The molecule has 1 saturated heterocycles. The smallest absolute Gasteiger partial charge is 0.220 e. The summed E-state index contributed by atoms with van der Waals surface area (Å²) in [6.45, 7) is 5.14. The lowest BCUT2D eigenvalue weighted by atomic mass is 9.47. The number of hydrogen-bond donors (Lipinski definition) is 1. The zero-order valence-corrected chi connectivity index (χ0v) is 17.0. The van der Waals surface area contributed by atoms with Crippen molar-refractivity contribution in [3.05, 3.63) is 35.9 Å². The van der Waals surface area contributed by atoms with E-state index in [9.17, 15) is 4.79 Å². The quantitative estimate of drug-likeness (QED) is 0.750. The van der Waals surface area contributed by atoms with Gasteiger partial charge in [-0.1, -0.05) is 44.2 Å². The number of amides is 1. The minimum absolute atomic E-state index is 0.292. The van der Waals surface area contributed by atoms with E-state index in [1.165, 1.54) is 50.5 Å². The van der Waals surface area contributed by atoms with Crippen LogP contribution in [-0.4, -0.2) is 11.9 Å². The van der Waals surface area contributed by atoms with Crippen LogP contribution in [0.1, 0.15) is 70.8 Å². The van der Waals surface area contributed by atoms with Gasteiger partial charge in [0.25, 0.3) is 0 Å². The maximum absolute atomic E-state index is 12.0. The van der Waals surface area contributed by atoms with Crippen molar-refractivity contribution in [2.45, 2.75) is 77.7 Å². The first kappa shape index (κ1) is 17.8. The summed E-state index contributed by atoms with van der Waals surface area (Å²) < 4.78 is 0.